The second kappa shape index (κ2) is 6.74. The van der Waals surface area contributed by atoms with E-state index in [-0.39, 0.29) is 18.5 Å². The van der Waals surface area contributed by atoms with E-state index in [2.05, 4.69) is 34.5 Å². The first-order chi connectivity index (χ1) is 9.56. The number of hydrogen-bond acceptors (Lipinski definition) is 4. The number of benzene rings is 1. The molecule has 0 unspecified atom stereocenters. The maximum atomic E-state index is 11.6. The Morgan fingerprint density at radius 1 is 1.45 bits per heavy atom. The van der Waals surface area contributed by atoms with E-state index in [4.69, 9.17) is 9.47 Å². The summed E-state index contributed by atoms with van der Waals surface area (Å²) in [5.41, 5.74) is 1.13. The van der Waals surface area contributed by atoms with E-state index in [1.54, 1.807) is 12.1 Å². The molecular weight excluding hydrogens is 373 g/mol. The summed E-state index contributed by atoms with van der Waals surface area (Å²) in [6.07, 6.45) is 0.0204. The van der Waals surface area contributed by atoms with Crippen LogP contribution < -0.4 is 5.32 Å². The lowest BCUT2D eigenvalue weighted by molar-refractivity contribution is -0.135. The molecule has 1 saturated heterocycles. The average Bonchev–Trinajstić information content (AvgIpc) is 2.73. The van der Waals surface area contributed by atoms with Crippen LogP contribution in [0, 0.1) is 9.49 Å². The van der Waals surface area contributed by atoms with Crippen molar-refractivity contribution in [3.05, 3.63) is 40.0 Å². The van der Waals surface area contributed by atoms with E-state index >= 15 is 0 Å². The Bertz CT molecular complexity index is 526. The third-order valence-corrected chi connectivity index (χ3v) is 3.68. The first kappa shape index (κ1) is 14.8. The molecule has 0 bridgehead atoms. The number of esters is 1. The van der Waals surface area contributed by atoms with E-state index in [0.29, 0.717) is 24.3 Å². The zero-order chi connectivity index (χ0) is 14.5. The molecule has 0 spiro atoms. The quantitative estimate of drug-likeness (QED) is 0.490. The first-order valence-corrected chi connectivity index (χ1v) is 7.19. The van der Waals surface area contributed by atoms with Gasteiger partial charge in [-0.2, -0.15) is 0 Å². The summed E-state index contributed by atoms with van der Waals surface area (Å²) >= 11 is 2.19. The van der Waals surface area contributed by atoms with Crippen LogP contribution in [0.4, 0.5) is 10.5 Å². The summed E-state index contributed by atoms with van der Waals surface area (Å²) in [4.78, 5) is 22.7. The molecule has 0 saturated carbocycles. The van der Waals surface area contributed by atoms with E-state index in [9.17, 15) is 9.59 Å². The van der Waals surface area contributed by atoms with Crippen molar-refractivity contribution in [2.75, 3.05) is 18.5 Å². The highest BCUT2D eigenvalue weighted by Crippen LogP contribution is 2.22. The van der Waals surface area contributed by atoms with Crippen molar-refractivity contribution >= 4 is 40.3 Å². The van der Waals surface area contributed by atoms with Crippen molar-refractivity contribution in [2.24, 2.45) is 5.92 Å². The molecule has 1 fully saturated rings. The van der Waals surface area contributed by atoms with Gasteiger partial charge in [0.05, 0.1) is 13.2 Å². The topological polar surface area (TPSA) is 64.6 Å². The average molecular weight is 387 g/mol. The van der Waals surface area contributed by atoms with Gasteiger partial charge in [-0.05, 0) is 53.3 Å². The van der Waals surface area contributed by atoms with E-state index in [0.717, 1.165) is 3.57 Å². The second-order valence-electron chi connectivity index (χ2n) is 4.38. The summed E-state index contributed by atoms with van der Waals surface area (Å²) in [5, 5.41) is 2.63. The number of carbonyl (C=O) groups is 2. The molecule has 0 aliphatic carbocycles. The van der Waals surface area contributed by atoms with Crippen molar-refractivity contribution in [3.8, 4) is 0 Å². The van der Waals surface area contributed by atoms with Crippen molar-refractivity contribution in [1.82, 2.24) is 0 Å². The van der Waals surface area contributed by atoms with E-state index in [1.165, 1.54) is 0 Å². The first-order valence-electron chi connectivity index (χ1n) is 6.11. The molecule has 0 radical (unpaired) electrons. The SMILES string of the molecule is C=C1C(=O)OC[C@H]1CCOC(=O)Nc1ccc(I)cc1. The highest BCUT2D eigenvalue weighted by Gasteiger charge is 2.28. The Labute approximate surface area is 130 Å². The molecule has 1 aliphatic rings. The fraction of sp³-hybridized carbons (Fsp3) is 0.286. The van der Waals surface area contributed by atoms with E-state index < -0.39 is 6.09 Å². The van der Waals surface area contributed by atoms with Gasteiger partial charge >= 0.3 is 12.1 Å². The van der Waals surface area contributed by atoms with Crippen molar-refractivity contribution < 1.29 is 19.1 Å². The lowest BCUT2D eigenvalue weighted by Gasteiger charge is -2.09. The van der Waals surface area contributed by atoms with Gasteiger partial charge < -0.3 is 9.47 Å². The zero-order valence-corrected chi connectivity index (χ0v) is 12.9. The maximum Gasteiger partial charge on any atom is 0.411 e. The Balaban J connectivity index is 1.71. The summed E-state index contributed by atoms with van der Waals surface area (Å²) in [7, 11) is 0. The van der Waals surface area contributed by atoms with Crippen LogP contribution in [0.25, 0.3) is 0 Å². The number of rotatable bonds is 4. The predicted molar refractivity (Wildman–Crippen MR) is 82.3 cm³/mol. The van der Waals surface area contributed by atoms with Gasteiger partial charge in [-0.1, -0.05) is 6.58 Å². The van der Waals surface area contributed by atoms with Crippen LogP contribution in [-0.2, 0) is 14.3 Å². The van der Waals surface area contributed by atoms with Crippen LogP contribution in [0.1, 0.15) is 6.42 Å². The molecule has 5 nitrogen and oxygen atoms in total. The summed E-state index contributed by atoms with van der Waals surface area (Å²) < 4.78 is 11.0. The minimum Gasteiger partial charge on any atom is -0.462 e. The number of halogens is 1. The van der Waals surface area contributed by atoms with Gasteiger partial charge in [-0.3, -0.25) is 5.32 Å². The zero-order valence-electron chi connectivity index (χ0n) is 10.7. The molecular formula is C14H14INO4. The van der Waals surface area contributed by atoms with Gasteiger partial charge in [0.25, 0.3) is 0 Å². The monoisotopic (exact) mass is 387 g/mol. The molecule has 1 aliphatic heterocycles. The minimum absolute atomic E-state index is 0.0615. The summed E-state index contributed by atoms with van der Waals surface area (Å²) in [6.45, 7) is 4.20. The Hall–Kier alpha value is -1.57. The van der Waals surface area contributed by atoms with Crippen molar-refractivity contribution in [2.45, 2.75) is 6.42 Å². The van der Waals surface area contributed by atoms with E-state index in [1.807, 2.05) is 12.1 Å². The molecule has 20 heavy (non-hydrogen) atoms. The predicted octanol–water partition coefficient (Wildman–Crippen LogP) is 2.96. The molecule has 0 aromatic heterocycles. The number of hydrogen-bond donors (Lipinski definition) is 1. The third-order valence-electron chi connectivity index (χ3n) is 2.96. The molecule has 1 N–H and O–H groups in total. The molecule has 1 amide bonds. The Kier molecular flexibility index (Phi) is 4.99. The van der Waals surface area contributed by atoms with Gasteiger partial charge in [0.1, 0.15) is 0 Å². The summed E-state index contributed by atoms with van der Waals surface area (Å²) in [6, 6.07) is 7.38. The maximum absolute atomic E-state index is 11.6. The highest BCUT2D eigenvalue weighted by molar-refractivity contribution is 14.1. The fourth-order valence-corrected chi connectivity index (χ4v) is 2.13. The van der Waals surface area contributed by atoms with Crippen molar-refractivity contribution in [3.63, 3.8) is 0 Å². The van der Waals surface area contributed by atoms with Gasteiger partial charge in [0, 0.05) is 20.7 Å². The third kappa shape index (κ3) is 3.96. The lowest BCUT2D eigenvalue weighted by atomic mass is 10.0. The smallest absolute Gasteiger partial charge is 0.411 e. The molecule has 1 aromatic rings. The number of ether oxygens (including phenoxy) is 2. The number of anilines is 1. The normalized spacial score (nSPS) is 17.8. The van der Waals surface area contributed by atoms with Crippen LogP contribution >= 0.6 is 22.6 Å². The lowest BCUT2D eigenvalue weighted by Crippen LogP contribution is -2.16. The molecule has 6 heteroatoms. The van der Waals surface area contributed by atoms with Gasteiger partial charge in [0.15, 0.2) is 0 Å². The summed E-state index contributed by atoms with van der Waals surface area (Å²) in [5.74, 6) is -0.424. The van der Waals surface area contributed by atoms with Crippen LogP contribution in [0.15, 0.2) is 36.4 Å². The standard InChI is InChI=1S/C14H14INO4/c1-9-10(8-20-13(9)17)6-7-19-14(18)16-12-4-2-11(15)3-5-12/h2-5,10H,1,6-8H2,(H,16,18)/t10-/m1/s1. The van der Waals surface area contributed by atoms with Crippen LogP contribution in [0.3, 0.4) is 0 Å². The minimum atomic E-state index is -0.512. The molecule has 106 valence electrons. The number of amides is 1. The molecule has 2 rings (SSSR count). The van der Waals surface area contributed by atoms with Crippen LogP contribution in [0.2, 0.25) is 0 Å². The van der Waals surface area contributed by atoms with Crippen LogP contribution in [-0.4, -0.2) is 25.3 Å². The van der Waals surface area contributed by atoms with Gasteiger partial charge in [0.2, 0.25) is 0 Å². The molecule has 1 heterocycles. The molecule has 1 atom stereocenters. The molecule has 1 aromatic carbocycles. The largest absolute Gasteiger partial charge is 0.462 e. The number of nitrogens with one attached hydrogen (secondary N) is 1. The van der Waals surface area contributed by atoms with Crippen molar-refractivity contribution in [1.29, 1.82) is 0 Å². The van der Waals surface area contributed by atoms with Crippen LogP contribution in [0.5, 0.6) is 0 Å². The second-order valence-corrected chi connectivity index (χ2v) is 5.62. The number of carbonyl (C=O) groups excluding carboxylic acids is 2. The van der Waals surface area contributed by atoms with Gasteiger partial charge in [-0.15, -0.1) is 0 Å². The Morgan fingerprint density at radius 3 is 2.75 bits per heavy atom. The highest BCUT2D eigenvalue weighted by atomic mass is 127. The Morgan fingerprint density at radius 2 is 2.15 bits per heavy atom. The fourth-order valence-electron chi connectivity index (χ4n) is 1.77. The van der Waals surface area contributed by atoms with Gasteiger partial charge in [-0.25, -0.2) is 9.59 Å². The number of cyclic esters (lactones) is 1.